The van der Waals surface area contributed by atoms with Crippen molar-refractivity contribution in [2.24, 2.45) is 0 Å². The maximum Gasteiger partial charge on any atom is 0.407 e. The number of alkyl carbamates (subject to hydrolysis) is 1. The number of nitrogens with zero attached hydrogens (tertiary/aromatic N) is 1. The van der Waals surface area contributed by atoms with Crippen LogP contribution in [-0.4, -0.2) is 47.5 Å². The van der Waals surface area contributed by atoms with Gasteiger partial charge in [-0.25, -0.2) is 4.79 Å². The molecule has 4 aromatic carbocycles. The zero-order valence-corrected chi connectivity index (χ0v) is 30.4. The lowest BCUT2D eigenvalue weighted by molar-refractivity contribution is -0.130. The molecule has 11 nitrogen and oxygen atoms in total. The van der Waals surface area contributed by atoms with E-state index in [1.54, 1.807) is 30.6 Å². The normalized spacial score (nSPS) is 11.7. The Labute approximate surface area is 315 Å². The van der Waals surface area contributed by atoms with Gasteiger partial charge in [0.05, 0.1) is 6.61 Å². The van der Waals surface area contributed by atoms with Gasteiger partial charge in [-0.15, -0.1) is 0 Å². The molecule has 5 rings (SSSR count). The summed E-state index contributed by atoms with van der Waals surface area (Å²) in [6, 6.07) is 32.9. The van der Waals surface area contributed by atoms with E-state index in [2.05, 4.69) is 26.3 Å². The predicted molar refractivity (Wildman–Crippen MR) is 205 cm³/mol. The fourth-order valence-corrected chi connectivity index (χ4v) is 5.55. The summed E-state index contributed by atoms with van der Waals surface area (Å²) in [6.45, 7) is 5.01. The van der Waals surface area contributed by atoms with E-state index in [0.29, 0.717) is 17.9 Å². The lowest BCUT2D eigenvalue weighted by atomic mass is 10.0. The highest BCUT2D eigenvalue weighted by molar-refractivity contribution is 5.98. The third kappa shape index (κ3) is 12.3. The molecule has 0 unspecified atom stereocenters. The highest BCUT2D eigenvalue weighted by Crippen LogP contribution is 2.15. The molecule has 1 heterocycles. The minimum absolute atomic E-state index is 0.179. The second-order valence-corrected chi connectivity index (χ2v) is 12.7. The molecule has 0 aliphatic rings. The number of carbonyl (C=O) groups excluding carboxylic acids is 4. The van der Waals surface area contributed by atoms with Crippen LogP contribution in [0.2, 0.25) is 0 Å². The first-order valence-electron chi connectivity index (χ1n) is 17.8. The quantitative estimate of drug-likeness (QED) is 0.0975. The molecule has 5 aromatic rings. The molecule has 0 saturated carbocycles. The van der Waals surface area contributed by atoms with Crippen molar-refractivity contribution in [2.45, 2.75) is 58.5 Å². The van der Waals surface area contributed by atoms with Crippen LogP contribution in [0.4, 0.5) is 4.79 Å². The number of ether oxygens (including phenoxy) is 2. The zero-order valence-electron chi connectivity index (χ0n) is 30.4. The Hall–Kier alpha value is -6.49. The van der Waals surface area contributed by atoms with E-state index in [-0.39, 0.29) is 32.5 Å². The Bertz CT molecular complexity index is 1950. The molecule has 0 aliphatic carbocycles. The van der Waals surface area contributed by atoms with Gasteiger partial charge < -0.3 is 30.7 Å². The molecular weight excluding hydrogens is 683 g/mol. The van der Waals surface area contributed by atoms with Crippen molar-refractivity contribution >= 4 is 23.8 Å². The SMILES string of the molecule is CCOc1ccc(C[C@@H](NC(=O)c2ccc(C)cc2)C(=O)N[C@@H](Cc2cccnc2)C(=O)NCc2ccc(CNC(=O)OCc3ccccc3)cc2)cc1. The summed E-state index contributed by atoms with van der Waals surface area (Å²) in [5.74, 6) is -0.613. The molecule has 2 atom stereocenters. The van der Waals surface area contributed by atoms with Gasteiger partial charge in [-0.3, -0.25) is 19.4 Å². The smallest absolute Gasteiger partial charge is 0.407 e. The van der Waals surface area contributed by atoms with Gasteiger partial charge in [0.2, 0.25) is 11.8 Å². The largest absolute Gasteiger partial charge is 0.494 e. The first kappa shape index (κ1) is 38.7. The molecule has 0 spiro atoms. The van der Waals surface area contributed by atoms with Crippen molar-refractivity contribution < 1.29 is 28.7 Å². The Morgan fingerprint density at radius 2 is 1.24 bits per heavy atom. The molecular formula is C43H45N5O6. The van der Waals surface area contributed by atoms with Gasteiger partial charge in [0.1, 0.15) is 24.4 Å². The topological polar surface area (TPSA) is 148 Å². The first-order chi connectivity index (χ1) is 26.2. The van der Waals surface area contributed by atoms with Crippen LogP contribution in [0.1, 0.15) is 50.7 Å². The van der Waals surface area contributed by atoms with Crippen molar-refractivity contribution in [3.8, 4) is 5.75 Å². The number of rotatable bonds is 17. The summed E-state index contributed by atoms with van der Waals surface area (Å²) in [7, 11) is 0. The average Bonchev–Trinajstić information content (AvgIpc) is 3.20. The Morgan fingerprint density at radius 1 is 0.630 bits per heavy atom. The fourth-order valence-electron chi connectivity index (χ4n) is 5.55. The van der Waals surface area contributed by atoms with Crippen molar-refractivity contribution in [2.75, 3.05) is 6.61 Å². The Morgan fingerprint density at radius 3 is 1.89 bits per heavy atom. The highest BCUT2D eigenvalue weighted by Gasteiger charge is 2.28. The Balaban J connectivity index is 1.23. The second kappa shape index (κ2) is 19.9. The lowest BCUT2D eigenvalue weighted by Crippen LogP contribution is -2.55. The zero-order chi connectivity index (χ0) is 38.1. The average molecular weight is 728 g/mol. The van der Waals surface area contributed by atoms with Crippen molar-refractivity contribution in [3.05, 3.63) is 167 Å². The van der Waals surface area contributed by atoms with Gasteiger partial charge in [-0.05, 0) is 72.0 Å². The number of carbonyl (C=O) groups is 4. The molecule has 0 saturated heterocycles. The van der Waals surface area contributed by atoms with Gasteiger partial charge >= 0.3 is 6.09 Å². The maximum absolute atomic E-state index is 14.0. The monoisotopic (exact) mass is 727 g/mol. The van der Waals surface area contributed by atoms with Crippen LogP contribution < -0.4 is 26.0 Å². The summed E-state index contributed by atoms with van der Waals surface area (Å²) >= 11 is 0. The third-order valence-electron chi connectivity index (χ3n) is 8.54. The summed E-state index contributed by atoms with van der Waals surface area (Å²) < 4.78 is 10.8. The molecule has 1 aromatic heterocycles. The predicted octanol–water partition coefficient (Wildman–Crippen LogP) is 5.60. The van der Waals surface area contributed by atoms with Crippen LogP contribution in [0.25, 0.3) is 0 Å². The van der Waals surface area contributed by atoms with E-state index in [9.17, 15) is 19.2 Å². The molecule has 4 N–H and O–H groups in total. The molecule has 11 heteroatoms. The molecule has 4 amide bonds. The molecule has 0 bridgehead atoms. The number of aryl methyl sites for hydroxylation is 1. The lowest BCUT2D eigenvalue weighted by Gasteiger charge is -2.24. The van der Waals surface area contributed by atoms with Gasteiger partial charge in [0, 0.05) is 43.9 Å². The number of benzene rings is 4. The maximum atomic E-state index is 14.0. The van der Waals surface area contributed by atoms with Crippen molar-refractivity contribution in [1.29, 1.82) is 0 Å². The summed E-state index contributed by atoms with van der Waals surface area (Å²) in [5.41, 5.74) is 5.56. The summed E-state index contributed by atoms with van der Waals surface area (Å²) in [6.07, 6.45) is 3.12. The van der Waals surface area contributed by atoms with Crippen LogP contribution >= 0.6 is 0 Å². The minimum Gasteiger partial charge on any atom is -0.494 e. The van der Waals surface area contributed by atoms with E-state index >= 15 is 0 Å². The van der Waals surface area contributed by atoms with E-state index in [1.165, 1.54) is 0 Å². The van der Waals surface area contributed by atoms with Gasteiger partial charge in [-0.2, -0.15) is 0 Å². The van der Waals surface area contributed by atoms with Crippen molar-refractivity contribution in [1.82, 2.24) is 26.3 Å². The van der Waals surface area contributed by atoms with Crippen LogP contribution in [-0.2, 0) is 46.9 Å². The van der Waals surface area contributed by atoms with E-state index in [4.69, 9.17) is 9.47 Å². The number of pyridine rings is 1. The molecule has 0 aliphatic heterocycles. The van der Waals surface area contributed by atoms with Crippen molar-refractivity contribution in [3.63, 3.8) is 0 Å². The van der Waals surface area contributed by atoms with Crippen LogP contribution in [0.5, 0.6) is 5.75 Å². The molecule has 0 fully saturated rings. The van der Waals surface area contributed by atoms with Crippen LogP contribution in [0, 0.1) is 6.92 Å². The standard InChI is InChI=1S/C43H45N5O6/c1-3-53-37-21-17-31(18-22-37)24-39(47-40(49)36-19-11-30(2)12-20-36)42(51)48-38(25-35-10-7-23-44-26-35)41(50)45-27-32-13-15-33(16-14-32)28-46-43(52)54-29-34-8-5-4-6-9-34/h4-23,26,38-39H,3,24-25,27-29H2,1-2H3,(H,45,50)(H,46,52)(H,47,49)(H,48,51)/t38-,39+/m0/s1. The molecule has 278 valence electrons. The number of hydrogen-bond acceptors (Lipinski definition) is 7. The number of amides is 4. The third-order valence-corrected chi connectivity index (χ3v) is 8.54. The van der Waals surface area contributed by atoms with Gasteiger partial charge in [-0.1, -0.05) is 90.5 Å². The number of hydrogen-bond donors (Lipinski definition) is 4. The minimum atomic E-state index is -0.988. The van der Waals surface area contributed by atoms with Crippen LogP contribution in [0.3, 0.4) is 0 Å². The molecule has 54 heavy (non-hydrogen) atoms. The van der Waals surface area contributed by atoms with Gasteiger partial charge in [0.25, 0.3) is 5.91 Å². The number of nitrogens with one attached hydrogen (secondary N) is 4. The second-order valence-electron chi connectivity index (χ2n) is 12.7. The molecule has 0 radical (unpaired) electrons. The summed E-state index contributed by atoms with van der Waals surface area (Å²) in [4.78, 5) is 57.4. The van der Waals surface area contributed by atoms with Gasteiger partial charge in [0.15, 0.2) is 0 Å². The van der Waals surface area contributed by atoms with E-state index in [0.717, 1.165) is 33.4 Å². The number of aromatic nitrogens is 1. The fraction of sp³-hybridized carbons (Fsp3) is 0.233. The Kier molecular flexibility index (Phi) is 14.3. The first-order valence-corrected chi connectivity index (χ1v) is 17.8. The van der Waals surface area contributed by atoms with E-state index < -0.39 is 35.9 Å². The summed E-state index contributed by atoms with van der Waals surface area (Å²) in [5, 5.41) is 11.5. The van der Waals surface area contributed by atoms with Crippen LogP contribution in [0.15, 0.2) is 128 Å². The van der Waals surface area contributed by atoms with E-state index in [1.807, 2.05) is 111 Å². The highest BCUT2D eigenvalue weighted by atomic mass is 16.5.